The summed E-state index contributed by atoms with van der Waals surface area (Å²) in [6.07, 6.45) is 0.937. The van der Waals surface area contributed by atoms with Crippen LogP contribution in [0.15, 0.2) is 21.7 Å². The summed E-state index contributed by atoms with van der Waals surface area (Å²) < 4.78 is 1.07. The third-order valence-corrected chi connectivity index (χ3v) is 3.62. The molecule has 0 aliphatic carbocycles. The number of halogens is 1. The van der Waals surface area contributed by atoms with E-state index in [-0.39, 0.29) is 11.5 Å². The van der Waals surface area contributed by atoms with E-state index < -0.39 is 0 Å². The molecule has 19 heavy (non-hydrogen) atoms. The first kappa shape index (κ1) is 13.5. The summed E-state index contributed by atoms with van der Waals surface area (Å²) in [5.74, 6) is -0.348. The number of anilines is 1. The lowest BCUT2D eigenvalue weighted by molar-refractivity contribution is 0.643. The van der Waals surface area contributed by atoms with Gasteiger partial charge >= 0.3 is 0 Å². The molecule has 0 aromatic heterocycles. The lowest BCUT2D eigenvalue weighted by atomic mass is 9.99. The van der Waals surface area contributed by atoms with Gasteiger partial charge in [0, 0.05) is 11.0 Å². The number of hydrazone groups is 1. The maximum absolute atomic E-state index is 8.80. The van der Waals surface area contributed by atoms with Crippen LogP contribution in [0.2, 0.25) is 0 Å². The number of nitrogens with one attached hydrogen (secondary N) is 3. The number of hydrogen-bond acceptors (Lipinski definition) is 5. The first-order chi connectivity index (χ1) is 9.13. The predicted molar refractivity (Wildman–Crippen MR) is 78.1 cm³/mol. The minimum absolute atomic E-state index is 0.125. The van der Waals surface area contributed by atoms with Crippen molar-refractivity contribution in [2.45, 2.75) is 13.0 Å². The van der Waals surface area contributed by atoms with Gasteiger partial charge in [-0.2, -0.15) is 10.4 Å². The van der Waals surface area contributed by atoms with Crippen molar-refractivity contribution in [1.29, 1.82) is 10.7 Å². The van der Waals surface area contributed by atoms with E-state index in [1.54, 1.807) is 6.07 Å². The smallest absolute Gasteiger partial charge is 0.201 e. The highest BCUT2D eigenvalue weighted by Crippen LogP contribution is 2.29. The fourth-order valence-electron chi connectivity index (χ4n) is 1.93. The first-order valence-electron chi connectivity index (χ1n) is 5.72. The molecule has 1 aromatic rings. The largest absolute Gasteiger partial charge is 0.382 e. The molecule has 0 atom stereocenters. The number of nitrogens with two attached hydrogens (primary N) is 1. The summed E-state index contributed by atoms with van der Waals surface area (Å²) in [5, 5.41) is 23.2. The van der Waals surface area contributed by atoms with Crippen LogP contribution < -0.4 is 16.5 Å². The van der Waals surface area contributed by atoms with E-state index in [1.165, 1.54) is 5.56 Å². The molecule has 0 saturated heterocycles. The topological polar surface area (TPSA) is 110 Å². The molecule has 1 aromatic carbocycles. The van der Waals surface area contributed by atoms with Crippen molar-refractivity contribution in [1.82, 2.24) is 5.32 Å². The summed E-state index contributed by atoms with van der Waals surface area (Å²) in [5.41, 5.74) is 11.1. The Bertz CT molecular complexity index is 587. The number of hydrogen-bond donors (Lipinski definition) is 4. The van der Waals surface area contributed by atoms with E-state index in [1.807, 2.05) is 12.1 Å². The monoisotopic (exact) mass is 320 g/mol. The van der Waals surface area contributed by atoms with Gasteiger partial charge in [0.25, 0.3) is 0 Å². The second-order valence-electron chi connectivity index (χ2n) is 4.08. The van der Waals surface area contributed by atoms with Crippen LogP contribution in [-0.2, 0) is 13.0 Å². The van der Waals surface area contributed by atoms with Gasteiger partial charge in [0.15, 0.2) is 5.84 Å². The van der Waals surface area contributed by atoms with Gasteiger partial charge in [0.1, 0.15) is 6.07 Å². The quantitative estimate of drug-likeness (QED) is 0.382. The molecule has 0 saturated carbocycles. The average Bonchev–Trinajstić information content (AvgIpc) is 2.42. The Morgan fingerprint density at radius 1 is 1.53 bits per heavy atom. The third kappa shape index (κ3) is 2.92. The lowest BCUT2D eigenvalue weighted by Crippen LogP contribution is -2.25. The molecule has 6 nitrogen and oxygen atoms in total. The highest BCUT2D eigenvalue weighted by atomic mass is 79.9. The van der Waals surface area contributed by atoms with Crippen LogP contribution in [0.1, 0.15) is 11.1 Å². The SMILES string of the molecule is N#C/C(=N\Nc1ccc(Br)c2c1CNCC2)C(=N)N. The highest BCUT2D eigenvalue weighted by molar-refractivity contribution is 9.10. The molecule has 0 radical (unpaired) electrons. The van der Waals surface area contributed by atoms with Crippen LogP contribution in [0.4, 0.5) is 5.69 Å². The summed E-state index contributed by atoms with van der Waals surface area (Å²) in [6.45, 7) is 1.68. The molecule has 0 spiro atoms. The Balaban J connectivity index is 2.32. The van der Waals surface area contributed by atoms with Crippen LogP contribution in [0.5, 0.6) is 0 Å². The van der Waals surface area contributed by atoms with Crippen LogP contribution in [0, 0.1) is 16.7 Å². The Morgan fingerprint density at radius 2 is 2.32 bits per heavy atom. The van der Waals surface area contributed by atoms with Gasteiger partial charge in [-0.1, -0.05) is 15.9 Å². The second kappa shape index (κ2) is 5.82. The Labute approximate surface area is 119 Å². The fourth-order valence-corrected chi connectivity index (χ4v) is 2.50. The van der Waals surface area contributed by atoms with E-state index >= 15 is 0 Å². The molecule has 0 unspecified atom stereocenters. The average molecular weight is 321 g/mol. The second-order valence-corrected chi connectivity index (χ2v) is 4.93. The molecule has 0 bridgehead atoms. The summed E-state index contributed by atoms with van der Waals surface area (Å²) >= 11 is 3.54. The summed E-state index contributed by atoms with van der Waals surface area (Å²) in [6, 6.07) is 5.61. The van der Waals surface area contributed by atoms with Crippen LogP contribution >= 0.6 is 15.9 Å². The number of amidine groups is 1. The van der Waals surface area contributed by atoms with Crippen LogP contribution in [0.25, 0.3) is 0 Å². The van der Waals surface area contributed by atoms with Crippen molar-refractivity contribution < 1.29 is 0 Å². The fraction of sp³-hybridized carbons (Fsp3) is 0.250. The van der Waals surface area contributed by atoms with E-state index in [0.717, 1.165) is 35.2 Å². The number of nitrogens with zero attached hydrogens (tertiary/aromatic N) is 2. The number of rotatable bonds is 3. The highest BCUT2D eigenvalue weighted by Gasteiger charge is 2.15. The molecular formula is C12H13BrN6. The summed E-state index contributed by atoms with van der Waals surface area (Å²) in [7, 11) is 0. The van der Waals surface area contributed by atoms with Gasteiger partial charge in [-0.25, -0.2) is 0 Å². The van der Waals surface area contributed by atoms with Crippen molar-refractivity contribution in [2.75, 3.05) is 12.0 Å². The molecular weight excluding hydrogens is 308 g/mol. The Morgan fingerprint density at radius 3 is 3.00 bits per heavy atom. The predicted octanol–water partition coefficient (Wildman–Crippen LogP) is 1.32. The van der Waals surface area contributed by atoms with E-state index in [2.05, 4.69) is 31.8 Å². The van der Waals surface area contributed by atoms with Gasteiger partial charge < -0.3 is 11.1 Å². The molecule has 1 aliphatic heterocycles. The van der Waals surface area contributed by atoms with Crippen LogP contribution in [-0.4, -0.2) is 18.1 Å². The molecule has 0 amide bonds. The van der Waals surface area contributed by atoms with Crippen LogP contribution in [0.3, 0.4) is 0 Å². The Hall–Kier alpha value is -1.91. The molecule has 2 rings (SSSR count). The van der Waals surface area contributed by atoms with Gasteiger partial charge in [0.2, 0.25) is 5.71 Å². The molecule has 7 heteroatoms. The normalized spacial score (nSPS) is 14.4. The van der Waals surface area contributed by atoms with Gasteiger partial charge in [-0.05, 0) is 36.2 Å². The summed E-state index contributed by atoms with van der Waals surface area (Å²) in [4.78, 5) is 0. The van der Waals surface area contributed by atoms with E-state index in [9.17, 15) is 0 Å². The maximum Gasteiger partial charge on any atom is 0.201 e. The third-order valence-electron chi connectivity index (χ3n) is 2.88. The molecule has 98 valence electrons. The number of fused-ring (bicyclic) bond motifs is 1. The number of nitriles is 1. The first-order valence-corrected chi connectivity index (χ1v) is 6.52. The van der Waals surface area contributed by atoms with Crippen molar-refractivity contribution in [3.05, 3.63) is 27.7 Å². The Kier molecular flexibility index (Phi) is 4.14. The molecule has 1 heterocycles. The minimum Gasteiger partial charge on any atom is -0.382 e. The van der Waals surface area contributed by atoms with Crippen molar-refractivity contribution in [3.8, 4) is 6.07 Å². The van der Waals surface area contributed by atoms with Gasteiger partial charge in [0.05, 0.1) is 5.69 Å². The molecule has 1 aliphatic rings. The zero-order valence-corrected chi connectivity index (χ0v) is 11.7. The van der Waals surface area contributed by atoms with Crippen molar-refractivity contribution >= 4 is 33.2 Å². The van der Waals surface area contributed by atoms with Gasteiger partial charge in [-0.15, -0.1) is 0 Å². The van der Waals surface area contributed by atoms with E-state index in [0.29, 0.717) is 0 Å². The van der Waals surface area contributed by atoms with Crippen molar-refractivity contribution in [2.24, 2.45) is 10.8 Å². The van der Waals surface area contributed by atoms with E-state index in [4.69, 9.17) is 16.4 Å². The maximum atomic E-state index is 8.80. The lowest BCUT2D eigenvalue weighted by Gasteiger charge is -2.21. The zero-order chi connectivity index (χ0) is 13.8. The zero-order valence-electron chi connectivity index (χ0n) is 10.1. The minimum atomic E-state index is -0.348. The van der Waals surface area contributed by atoms with Gasteiger partial charge in [-0.3, -0.25) is 10.8 Å². The van der Waals surface area contributed by atoms with Crippen molar-refractivity contribution in [3.63, 3.8) is 0 Å². The number of benzene rings is 1. The molecule has 0 fully saturated rings. The standard InChI is InChI=1S/C12H13BrN6/c13-9-1-2-10(8-6-17-4-3-7(8)9)18-19-11(5-14)12(15)16/h1-2,17-18H,3-4,6H2,(H3,15,16)/b19-11+. The molecule has 5 N–H and O–H groups in total.